The molecular formula is C48H30O. The molecule has 10 rings (SSSR count). The van der Waals surface area contributed by atoms with E-state index in [1.54, 1.807) is 0 Å². The van der Waals surface area contributed by atoms with Crippen molar-refractivity contribution in [1.82, 2.24) is 0 Å². The van der Waals surface area contributed by atoms with Crippen LogP contribution in [0.2, 0.25) is 0 Å². The van der Waals surface area contributed by atoms with E-state index in [2.05, 4.69) is 0 Å². The van der Waals surface area contributed by atoms with Gasteiger partial charge < -0.3 is 4.42 Å². The summed E-state index contributed by atoms with van der Waals surface area (Å²) in [5, 5.41) is -4.98. The van der Waals surface area contributed by atoms with E-state index >= 15 is 0 Å². The first kappa shape index (κ1) is 11.3. The van der Waals surface area contributed by atoms with Crippen molar-refractivity contribution < 1.29 is 44.2 Å². The highest BCUT2D eigenvalue weighted by molar-refractivity contribution is 6.23. The van der Waals surface area contributed by atoms with E-state index < -0.39 is 274 Å². The van der Waals surface area contributed by atoms with Gasteiger partial charge in [0.2, 0.25) is 0 Å². The number of fused-ring (bicyclic) bond motifs is 6. The maximum absolute atomic E-state index is 9.88. The summed E-state index contributed by atoms with van der Waals surface area (Å²) in [5.41, 5.74) is -7.16. The van der Waals surface area contributed by atoms with Gasteiger partial charge in [0.15, 0.2) is 0 Å². The summed E-state index contributed by atoms with van der Waals surface area (Å²) in [5.74, 6) is 0. The van der Waals surface area contributed by atoms with Crippen LogP contribution in [0, 0.1) is 0 Å². The minimum absolute atomic E-state index is 0.457. The van der Waals surface area contributed by atoms with Crippen LogP contribution < -0.4 is 0 Å². The number of hydrogen-bond acceptors (Lipinski definition) is 1. The Kier molecular flexibility index (Phi) is 2.56. The van der Waals surface area contributed by atoms with E-state index in [4.69, 9.17) is 26.3 Å². The summed E-state index contributed by atoms with van der Waals surface area (Å²) in [6.07, 6.45) is 0. The van der Waals surface area contributed by atoms with Gasteiger partial charge in [-0.3, -0.25) is 0 Å². The minimum atomic E-state index is -1.03. The molecule has 49 heavy (non-hydrogen) atoms. The van der Waals surface area contributed by atoms with Gasteiger partial charge in [-0.25, -0.2) is 0 Å². The molecule has 0 saturated heterocycles. The average molecular weight is 652 g/mol. The Morgan fingerprint density at radius 2 is 0.857 bits per heavy atom. The molecule has 0 atom stereocenters. The molecule has 9 aromatic carbocycles. The van der Waals surface area contributed by atoms with Gasteiger partial charge in [-0.2, -0.15) is 0 Å². The normalized spacial score (nSPS) is 20.0. The SMILES string of the molecule is [2H]c1cc(-c2c([2H])c([2H])c(-c3c([2H])c([2H])c([2H])c([2H])c3[2H])c([2H])c2[2H])c(-c2c3c([2H])c([2H])c([2H])c([2H])c3c(-c3c([2H])c([2H])c4oc5c([2H])c6c([2H])c([2H])c([2H])c([2H])c6c([2H])c5c4c3[2H])c3c([2H])c([2H])c([2H])c([2H])c23)c([2H])c1[2H]. The second-order valence-corrected chi connectivity index (χ2v) is 10.6. The molecule has 1 nitrogen and oxygen atoms in total. The van der Waals surface area contributed by atoms with E-state index in [1.807, 2.05) is 0 Å². The minimum Gasteiger partial charge on any atom is -0.456 e. The lowest BCUT2D eigenvalue weighted by Gasteiger charge is -2.20. The summed E-state index contributed by atoms with van der Waals surface area (Å²) in [4.78, 5) is 0. The topological polar surface area (TPSA) is 13.1 Å². The molecule has 0 aliphatic carbocycles. The fourth-order valence-corrected chi connectivity index (χ4v) is 5.80. The molecule has 0 aliphatic heterocycles. The van der Waals surface area contributed by atoms with Gasteiger partial charge in [0, 0.05) is 10.8 Å². The van der Waals surface area contributed by atoms with Crippen molar-refractivity contribution in [3.8, 4) is 44.5 Å². The van der Waals surface area contributed by atoms with Crippen LogP contribution >= 0.6 is 0 Å². The lowest BCUT2D eigenvalue weighted by Crippen LogP contribution is -1.92. The Bertz CT molecular complexity index is 4400. The molecule has 0 spiro atoms. The highest BCUT2D eigenvalue weighted by Crippen LogP contribution is 2.47. The first-order valence-electron chi connectivity index (χ1n) is 29.0. The van der Waals surface area contributed by atoms with Crippen molar-refractivity contribution in [2.24, 2.45) is 0 Å². The fourth-order valence-electron chi connectivity index (χ4n) is 5.80. The first-order valence-corrected chi connectivity index (χ1v) is 14.5. The number of furan rings is 1. The highest BCUT2D eigenvalue weighted by Gasteiger charge is 2.20. The van der Waals surface area contributed by atoms with Crippen LogP contribution in [0.4, 0.5) is 0 Å². The third-order valence-corrected chi connectivity index (χ3v) is 7.90. The van der Waals surface area contributed by atoms with Crippen LogP contribution in [-0.2, 0) is 0 Å². The van der Waals surface area contributed by atoms with Crippen molar-refractivity contribution in [1.29, 1.82) is 0 Å². The fraction of sp³-hybridized carbons (Fsp3) is 0. The summed E-state index contributed by atoms with van der Waals surface area (Å²) >= 11 is 0. The predicted octanol–water partition coefficient (Wildman–Crippen LogP) is 13.7. The Morgan fingerprint density at radius 1 is 0.327 bits per heavy atom. The van der Waals surface area contributed by atoms with E-state index in [9.17, 15) is 17.8 Å². The molecule has 228 valence electrons. The molecule has 10 aromatic rings. The largest absolute Gasteiger partial charge is 0.456 e. The van der Waals surface area contributed by atoms with E-state index in [0.29, 0.717) is 0 Å². The predicted molar refractivity (Wildman–Crippen MR) is 208 cm³/mol. The van der Waals surface area contributed by atoms with Crippen LogP contribution in [0.1, 0.15) is 39.8 Å². The second-order valence-electron chi connectivity index (χ2n) is 10.6. The van der Waals surface area contributed by atoms with Crippen molar-refractivity contribution in [2.75, 3.05) is 0 Å². The summed E-state index contributed by atoms with van der Waals surface area (Å²) in [7, 11) is 0. The van der Waals surface area contributed by atoms with Crippen molar-refractivity contribution in [2.45, 2.75) is 0 Å². The van der Waals surface area contributed by atoms with Crippen LogP contribution in [0.3, 0.4) is 0 Å². The standard InChI is InChI=1S/C48H30O/c1-2-12-31(13-3-1)32-22-24-33(25-23-32)37-16-6-7-17-38(37)48-41-20-10-8-18-39(41)47(40-19-9-11-21-42(40)48)36-26-27-45-43(29-36)44-28-34-14-4-5-15-35(34)30-46(44)49-45/h1-30H/i1D,2D,3D,4D,5D,6D,7D,8D,9D,10D,11D,12D,13D,14D,15D,17D,18D,19D,20D,21D,22D,23D,24D,25D,26D,27D,28D,29D,30D. The lowest BCUT2D eigenvalue weighted by molar-refractivity contribution is 0.669. The van der Waals surface area contributed by atoms with Crippen LogP contribution in [0.15, 0.2) is 186 Å². The summed E-state index contributed by atoms with van der Waals surface area (Å²) < 4.78 is 267. The zero-order chi connectivity index (χ0) is 57.5. The van der Waals surface area contributed by atoms with Crippen LogP contribution in [-0.4, -0.2) is 0 Å². The van der Waals surface area contributed by atoms with Crippen LogP contribution in [0.5, 0.6) is 0 Å². The van der Waals surface area contributed by atoms with Gasteiger partial charge in [0.05, 0.1) is 39.8 Å². The number of rotatable bonds is 4. The molecule has 0 N–H and O–H groups in total. The molecule has 0 bridgehead atoms. The molecule has 0 unspecified atom stereocenters. The van der Waals surface area contributed by atoms with E-state index in [-0.39, 0.29) is 0 Å². The smallest absolute Gasteiger partial charge is 0.136 e. The van der Waals surface area contributed by atoms with Crippen LogP contribution in [0.25, 0.3) is 98.8 Å². The Hall–Kier alpha value is -6.44. The average Bonchev–Trinajstić information content (AvgIpc) is 3.41. The molecule has 1 heterocycles. The molecule has 0 amide bonds. The van der Waals surface area contributed by atoms with Gasteiger partial charge in [-0.05, 0) is 101 Å². The molecule has 1 aromatic heterocycles. The maximum Gasteiger partial charge on any atom is 0.136 e. The Morgan fingerprint density at radius 3 is 1.57 bits per heavy atom. The molecule has 1 heteroatoms. The van der Waals surface area contributed by atoms with Crippen molar-refractivity contribution in [3.63, 3.8) is 0 Å². The quantitative estimate of drug-likeness (QED) is 0.173. The highest BCUT2D eigenvalue weighted by atomic mass is 16.3. The third-order valence-electron chi connectivity index (χ3n) is 7.90. The number of benzene rings is 9. The second kappa shape index (κ2) is 11.1. The Balaban J connectivity index is 1.46. The van der Waals surface area contributed by atoms with Gasteiger partial charge in [-0.15, -0.1) is 0 Å². The van der Waals surface area contributed by atoms with Gasteiger partial charge in [0.25, 0.3) is 0 Å². The molecule has 0 aliphatic rings. The molecule has 0 radical (unpaired) electrons. The molecular weight excluding hydrogens is 593 g/mol. The molecule has 0 fully saturated rings. The monoisotopic (exact) mass is 651 g/mol. The lowest BCUT2D eigenvalue weighted by atomic mass is 9.83. The van der Waals surface area contributed by atoms with Gasteiger partial charge >= 0.3 is 0 Å². The van der Waals surface area contributed by atoms with Crippen molar-refractivity contribution >= 4 is 54.3 Å². The molecule has 0 saturated carbocycles. The Labute approximate surface area is 325 Å². The third kappa shape index (κ3) is 4.47. The maximum atomic E-state index is 9.88. The summed E-state index contributed by atoms with van der Waals surface area (Å²) in [6.45, 7) is 0. The van der Waals surface area contributed by atoms with Gasteiger partial charge in [0.1, 0.15) is 11.2 Å². The summed E-state index contributed by atoms with van der Waals surface area (Å²) in [6, 6.07) is -25.8. The van der Waals surface area contributed by atoms with Crippen molar-refractivity contribution in [3.05, 3.63) is 181 Å². The zero-order valence-electron chi connectivity index (χ0n) is 53.5. The zero-order valence-corrected chi connectivity index (χ0v) is 24.5. The first-order chi connectivity index (χ1) is 36.4. The number of hydrogen-bond donors (Lipinski definition) is 0. The van der Waals surface area contributed by atoms with E-state index in [0.717, 1.165) is 6.07 Å². The van der Waals surface area contributed by atoms with E-state index in [1.165, 1.54) is 0 Å². The van der Waals surface area contributed by atoms with Gasteiger partial charge in [-0.1, -0.05) is 157 Å².